The van der Waals surface area contributed by atoms with Gasteiger partial charge in [-0.2, -0.15) is 0 Å². The molecule has 0 aliphatic heterocycles. The molecule has 1 aliphatic rings. The van der Waals surface area contributed by atoms with E-state index < -0.39 is 8.32 Å². The van der Waals surface area contributed by atoms with Crippen LogP contribution in [0.4, 0.5) is 0 Å². The Morgan fingerprint density at radius 1 is 1.40 bits per heavy atom. The predicted molar refractivity (Wildman–Crippen MR) is 66.4 cm³/mol. The number of hydrogen-bond donors (Lipinski definition) is 1. The lowest BCUT2D eigenvalue weighted by atomic mass is 10.1. The van der Waals surface area contributed by atoms with Crippen molar-refractivity contribution < 1.29 is 9.53 Å². The Morgan fingerprint density at radius 2 is 2.00 bits per heavy atom. The molecule has 2 nitrogen and oxygen atoms in total. The standard InChI is InChI=1S/C12H24O2Si/c1-12(2,3)15(4,5)14-9-10-7-6-8-11(10)13/h6,8,10-11,13H,7,9H2,1-5H3/t10-,11-/m0/s1. The molecule has 0 aromatic rings. The molecule has 0 aromatic carbocycles. The molecule has 1 aliphatic carbocycles. The highest BCUT2D eigenvalue weighted by Crippen LogP contribution is 2.37. The summed E-state index contributed by atoms with van der Waals surface area (Å²) < 4.78 is 6.09. The van der Waals surface area contributed by atoms with E-state index in [2.05, 4.69) is 33.9 Å². The maximum atomic E-state index is 9.64. The van der Waals surface area contributed by atoms with E-state index in [1.54, 1.807) is 0 Å². The summed E-state index contributed by atoms with van der Waals surface area (Å²) in [4.78, 5) is 0. The largest absolute Gasteiger partial charge is 0.416 e. The van der Waals surface area contributed by atoms with E-state index in [9.17, 15) is 5.11 Å². The molecule has 0 radical (unpaired) electrons. The fourth-order valence-corrected chi connectivity index (χ4v) is 2.45. The van der Waals surface area contributed by atoms with Crippen LogP contribution in [0.1, 0.15) is 27.2 Å². The second-order valence-electron chi connectivity index (χ2n) is 5.99. The first-order valence-electron chi connectivity index (χ1n) is 5.73. The second kappa shape index (κ2) is 4.40. The average Bonchev–Trinajstić information content (AvgIpc) is 2.46. The summed E-state index contributed by atoms with van der Waals surface area (Å²) in [6, 6.07) is 0. The Kier molecular flexibility index (Phi) is 3.79. The fraction of sp³-hybridized carbons (Fsp3) is 0.833. The van der Waals surface area contributed by atoms with Crippen LogP contribution in [-0.4, -0.2) is 26.1 Å². The Hall–Kier alpha value is -0.123. The van der Waals surface area contributed by atoms with E-state index in [-0.39, 0.29) is 17.1 Å². The van der Waals surface area contributed by atoms with Crippen LogP contribution in [0, 0.1) is 5.92 Å². The average molecular weight is 228 g/mol. The van der Waals surface area contributed by atoms with Crippen molar-refractivity contribution in [2.24, 2.45) is 5.92 Å². The Balaban J connectivity index is 2.43. The van der Waals surface area contributed by atoms with Gasteiger partial charge in [0.15, 0.2) is 8.32 Å². The summed E-state index contributed by atoms with van der Waals surface area (Å²) in [6.45, 7) is 11.9. The third-order valence-corrected chi connectivity index (χ3v) is 8.22. The minimum Gasteiger partial charge on any atom is -0.416 e. The van der Waals surface area contributed by atoms with Gasteiger partial charge < -0.3 is 9.53 Å². The number of rotatable bonds is 3. The maximum Gasteiger partial charge on any atom is 0.191 e. The molecule has 0 heterocycles. The van der Waals surface area contributed by atoms with Gasteiger partial charge in [-0.1, -0.05) is 32.9 Å². The molecule has 2 atom stereocenters. The molecule has 0 amide bonds. The number of aliphatic hydroxyl groups excluding tert-OH is 1. The molecule has 1 rings (SSSR count). The van der Waals surface area contributed by atoms with Crippen LogP contribution in [0.3, 0.4) is 0 Å². The number of hydrogen-bond acceptors (Lipinski definition) is 2. The van der Waals surface area contributed by atoms with Crippen molar-refractivity contribution in [3.05, 3.63) is 12.2 Å². The van der Waals surface area contributed by atoms with Gasteiger partial charge in [-0.15, -0.1) is 0 Å². The molecular weight excluding hydrogens is 204 g/mol. The molecule has 0 spiro atoms. The SMILES string of the molecule is CC(C)(C)[Si](C)(C)OC[C@@H]1CC=C[C@@H]1O. The number of aliphatic hydroxyl groups is 1. The van der Waals surface area contributed by atoms with Crippen LogP contribution in [0.15, 0.2) is 12.2 Å². The van der Waals surface area contributed by atoms with Gasteiger partial charge in [0.05, 0.1) is 6.10 Å². The van der Waals surface area contributed by atoms with Gasteiger partial charge in [-0.05, 0) is 24.6 Å². The van der Waals surface area contributed by atoms with Gasteiger partial charge >= 0.3 is 0 Å². The fourth-order valence-electron chi connectivity index (χ4n) is 1.39. The Morgan fingerprint density at radius 3 is 2.40 bits per heavy atom. The minimum atomic E-state index is -1.64. The highest BCUT2D eigenvalue weighted by Gasteiger charge is 2.38. The monoisotopic (exact) mass is 228 g/mol. The zero-order chi connectivity index (χ0) is 11.7. The molecule has 0 fully saturated rings. The van der Waals surface area contributed by atoms with E-state index in [0.29, 0.717) is 6.61 Å². The molecule has 1 N–H and O–H groups in total. The van der Waals surface area contributed by atoms with Gasteiger partial charge in [-0.25, -0.2) is 0 Å². The lowest BCUT2D eigenvalue weighted by molar-refractivity contribution is 0.115. The molecule has 0 saturated heterocycles. The quantitative estimate of drug-likeness (QED) is 0.594. The van der Waals surface area contributed by atoms with Crippen LogP contribution < -0.4 is 0 Å². The molecule has 15 heavy (non-hydrogen) atoms. The van der Waals surface area contributed by atoms with Crippen molar-refractivity contribution in [1.82, 2.24) is 0 Å². The molecule has 3 heteroatoms. The van der Waals surface area contributed by atoms with Gasteiger partial charge in [-0.3, -0.25) is 0 Å². The van der Waals surface area contributed by atoms with E-state index in [1.165, 1.54) is 0 Å². The van der Waals surface area contributed by atoms with Crippen molar-refractivity contribution in [2.45, 2.75) is 51.4 Å². The molecule has 0 unspecified atom stereocenters. The summed E-state index contributed by atoms with van der Waals surface area (Å²) >= 11 is 0. The molecule has 0 aromatic heterocycles. The summed E-state index contributed by atoms with van der Waals surface area (Å²) in [5.41, 5.74) is 0. The minimum absolute atomic E-state index is 0.254. The highest BCUT2D eigenvalue weighted by molar-refractivity contribution is 6.74. The second-order valence-corrected chi connectivity index (χ2v) is 10.8. The number of allylic oxidation sites excluding steroid dienone is 1. The van der Waals surface area contributed by atoms with Crippen molar-refractivity contribution >= 4 is 8.32 Å². The lowest BCUT2D eigenvalue weighted by Crippen LogP contribution is -2.42. The highest BCUT2D eigenvalue weighted by atomic mass is 28.4. The van der Waals surface area contributed by atoms with Gasteiger partial charge in [0.25, 0.3) is 0 Å². The Bertz CT molecular complexity index is 240. The van der Waals surface area contributed by atoms with E-state index in [4.69, 9.17) is 4.43 Å². The third kappa shape index (κ3) is 3.16. The predicted octanol–water partition coefficient (Wildman–Crippen LogP) is 2.95. The molecule has 88 valence electrons. The molecular formula is C12H24O2Si. The maximum absolute atomic E-state index is 9.64. The summed E-state index contributed by atoms with van der Waals surface area (Å²) in [5.74, 6) is 0.277. The van der Waals surface area contributed by atoms with Gasteiger partial charge in [0.2, 0.25) is 0 Å². The van der Waals surface area contributed by atoms with Crippen LogP contribution in [0.5, 0.6) is 0 Å². The van der Waals surface area contributed by atoms with Crippen molar-refractivity contribution in [3.8, 4) is 0 Å². The van der Waals surface area contributed by atoms with Crippen LogP contribution in [0.25, 0.3) is 0 Å². The van der Waals surface area contributed by atoms with Crippen LogP contribution in [0.2, 0.25) is 18.1 Å². The lowest BCUT2D eigenvalue weighted by Gasteiger charge is -2.37. The van der Waals surface area contributed by atoms with E-state index in [1.807, 2.05) is 12.2 Å². The molecule has 0 saturated carbocycles. The smallest absolute Gasteiger partial charge is 0.191 e. The first-order chi connectivity index (χ1) is 6.74. The van der Waals surface area contributed by atoms with E-state index >= 15 is 0 Å². The van der Waals surface area contributed by atoms with E-state index in [0.717, 1.165) is 6.42 Å². The normalized spacial score (nSPS) is 27.3. The van der Waals surface area contributed by atoms with Crippen molar-refractivity contribution in [2.75, 3.05) is 6.61 Å². The summed E-state index contributed by atoms with van der Waals surface area (Å²) in [5, 5.41) is 9.89. The van der Waals surface area contributed by atoms with Crippen LogP contribution >= 0.6 is 0 Å². The third-order valence-electron chi connectivity index (χ3n) is 3.72. The van der Waals surface area contributed by atoms with Crippen molar-refractivity contribution in [1.29, 1.82) is 0 Å². The summed E-state index contributed by atoms with van der Waals surface area (Å²) in [6.07, 6.45) is 4.58. The van der Waals surface area contributed by atoms with Gasteiger partial charge in [0.1, 0.15) is 0 Å². The zero-order valence-electron chi connectivity index (χ0n) is 10.6. The zero-order valence-corrected chi connectivity index (χ0v) is 11.6. The topological polar surface area (TPSA) is 29.5 Å². The van der Waals surface area contributed by atoms with Crippen LogP contribution in [-0.2, 0) is 4.43 Å². The Labute approximate surface area is 94.5 Å². The molecule has 0 bridgehead atoms. The van der Waals surface area contributed by atoms with Crippen molar-refractivity contribution in [3.63, 3.8) is 0 Å². The summed E-state index contributed by atoms with van der Waals surface area (Å²) in [7, 11) is -1.64. The first-order valence-corrected chi connectivity index (χ1v) is 8.63. The first kappa shape index (κ1) is 12.9. The van der Waals surface area contributed by atoms with Gasteiger partial charge in [0, 0.05) is 12.5 Å².